The van der Waals surface area contributed by atoms with Crippen molar-refractivity contribution in [2.24, 2.45) is 0 Å². The molecule has 0 amide bonds. The first kappa shape index (κ1) is 19.4. The smallest absolute Gasteiger partial charge is 0.331 e. The Hall–Kier alpha value is -1.69. The zero-order chi connectivity index (χ0) is 17.8. The molecule has 7 nitrogen and oxygen atoms in total. The summed E-state index contributed by atoms with van der Waals surface area (Å²) in [5.74, 6) is 0. The van der Waals surface area contributed by atoms with Crippen molar-refractivity contribution < 1.29 is 9.53 Å². The summed E-state index contributed by atoms with van der Waals surface area (Å²) in [6, 6.07) is 1.79. The zero-order valence-corrected chi connectivity index (χ0v) is 15.4. The third-order valence-corrected chi connectivity index (χ3v) is 8.82. The summed E-state index contributed by atoms with van der Waals surface area (Å²) in [5, 5.41) is 18.0. The van der Waals surface area contributed by atoms with Gasteiger partial charge in [-0.2, -0.15) is 5.26 Å². The Balaban J connectivity index is 3.06. The molecule has 1 aromatic rings. The second kappa shape index (κ2) is 7.25. The maximum absolute atomic E-state index is 12.3. The van der Waals surface area contributed by atoms with Gasteiger partial charge < -0.3 is 9.53 Å². The third-order valence-electron chi connectivity index (χ3n) is 4.28. The highest BCUT2D eigenvalue weighted by atomic mass is 28.4. The molecule has 8 heteroatoms. The first-order valence-corrected chi connectivity index (χ1v) is 10.4. The van der Waals surface area contributed by atoms with Gasteiger partial charge in [0.05, 0.1) is 26.3 Å². The van der Waals surface area contributed by atoms with E-state index in [4.69, 9.17) is 14.8 Å². The molecule has 23 heavy (non-hydrogen) atoms. The van der Waals surface area contributed by atoms with Gasteiger partial charge in [-0.05, 0) is 18.1 Å². The second-order valence-corrected chi connectivity index (χ2v) is 11.7. The summed E-state index contributed by atoms with van der Waals surface area (Å²) >= 11 is 0. The monoisotopic (exact) mass is 339 g/mol. The van der Waals surface area contributed by atoms with E-state index in [1.165, 1.54) is 10.8 Å². The van der Waals surface area contributed by atoms with Crippen LogP contribution in [0.15, 0.2) is 15.8 Å². The van der Waals surface area contributed by atoms with Gasteiger partial charge in [0.1, 0.15) is 11.6 Å². The summed E-state index contributed by atoms with van der Waals surface area (Å²) in [7, 11) is -1.97. The lowest BCUT2D eigenvalue weighted by atomic mass is 10.2. The maximum atomic E-state index is 12.3. The maximum Gasteiger partial charge on any atom is 0.331 e. The van der Waals surface area contributed by atoms with Crippen molar-refractivity contribution in [3.8, 4) is 6.07 Å². The minimum Gasteiger partial charge on any atom is -0.415 e. The Kier molecular flexibility index (Phi) is 6.10. The fourth-order valence-corrected chi connectivity index (χ4v) is 2.84. The molecule has 0 radical (unpaired) electrons. The number of aromatic nitrogens is 2. The van der Waals surface area contributed by atoms with Gasteiger partial charge in [0.15, 0.2) is 8.32 Å². The van der Waals surface area contributed by atoms with Crippen LogP contribution in [-0.4, -0.2) is 35.8 Å². The average Bonchev–Trinajstić information content (AvgIpc) is 2.44. The van der Waals surface area contributed by atoms with Crippen LogP contribution >= 0.6 is 0 Å². The lowest BCUT2D eigenvalue weighted by Crippen LogP contribution is -2.45. The van der Waals surface area contributed by atoms with E-state index >= 15 is 0 Å². The van der Waals surface area contributed by atoms with E-state index in [2.05, 4.69) is 33.9 Å². The number of aliphatic hydroxyl groups is 1. The minimum atomic E-state index is -1.97. The number of hydrogen-bond donors (Lipinski definition) is 1. The van der Waals surface area contributed by atoms with Crippen molar-refractivity contribution >= 4 is 8.32 Å². The molecule has 0 aliphatic heterocycles. The highest BCUT2D eigenvalue weighted by Gasteiger charge is 2.36. The van der Waals surface area contributed by atoms with Gasteiger partial charge in [0, 0.05) is 6.20 Å². The van der Waals surface area contributed by atoms with Crippen LogP contribution in [-0.2, 0) is 17.5 Å². The van der Waals surface area contributed by atoms with Crippen molar-refractivity contribution in [3.05, 3.63) is 32.6 Å². The van der Waals surface area contributed by atoms with E-state index < -0.39 is 19.6 Å². The molecule has 1 heterocycles. The van der Waals surface area contributed by atoms with Gasteiger partial charge in [0.25, 0.3) is 5.56 Å². The van der Waals surface area contributed by atoms with E-state index in [9.17, 15) is 9.59 Å². The number of nitriles is 1. The normalized spacial score (nSPS) is 12.2. The van der Waals surface area contributed by atoms with E-state index in [0.717, 1.165) is 4.57 Å². The summed E-state index contributed by atoms with van der Waals surface area (Å²) in [6.07, 6.45) is 1.19. The standard InChI is InChI=1S/C15H25N3O4Si/c1-15(2,3)23(4,5)22-9-7-18-13(20)12(10-16)11-17(6-8-19)14(18)21/h11,19H,6-9H2,1-5H3. The van der Waals surface area contributed by atoms with Gasteiger partial charge in [-0.15, -0.1) is 0 Å². The number of rotatable bonds is 6. The van der Waals surface area contributed by atoms with Crippen molar-refractivity contribution in [2.75, 3.05) is 13.2 Å². The van der Waals surface area contributed by atoms with Gasteiger partial charge in [0.2, 0.25) is 0 Å². The SMILES string of the molecule is CC(C)(C)[Si](C)(C)OCCn1c(=O)c(C#N)cn(CCO)c1=O. The lowest BCUT2D eigenvalue weighted by Gasteiger charge is -2.36. The number of hydrogen-bond acceptors (Lipinski definition) is 5. The van der Waals surface area contributed by atoms with E-state index in [1.54, 1.807) is 6.07 Å². The fourth-order valence-electron chi connectivity index (χ4n) is 1.80. The molecule has 0 fully saturated rings. The molecule has 0 aromatic carbocycles. The zero-order valence-electron chi connectivity index (χ0n) is 14.4. The van der Waals surface area contributed by atoms with Gasteiger partial charge in [-0.1, -0.05) is 20.8 Å². The molecular formula is C15H25N3O4Si. The van der Waals surface area contributed by atoms with E-state index in [1.807, 2.05) is 0 Å². The molecule has 0 aliphatic rings. The summed E-state index contributed by atoms with van der Waals surface area (Å²) in [4.78, 5) is 24.4. The van der Waals surface area contributed by atoms with Crippen LogP contribution in [0.1, 0.15) is 26.3 Å². The van der Waals surface area contributed by atoms with Crippen molar-refractivity contribution in [3.63, 3.8) is 0 Å². The van der Waals surface area contributed by atoms with E-state index in [0.29, 0.717) is 0 Å². The fraction of sp³-hybridized carbons (Fsp3) is 0.667. The summed E-state index contributed by atoms with van der Waals surface area (Å²) < 4.78 is 8.15. The number of aliphatic hydroxyl groups excluding tert-OH is 1. The van der Waals surface area contributed by atoms with Crippen molar-refractivity contribution in [2.45, 2.75) is 52.0 Å². The Morgan fingerprint density at radius 1 is 1.30 bits per heavy atom. The molecule has 128 valence electrons. The van der Waals surface area contributed by atoms with Crippen molar-refractivity contribution in [1.29, 1.82) is 5.26 Å². The largest absolute Gasteiger partial charge is 0.415 e. The van der Waals surface area contributed by atoms with Crippen LogP contribution in [0.25, 0.3) is 0 Å². The predicted octanol–water partition coefficient (Wildman–Crippen LogP) is 0.896. The van der Waals surface area contributed by atoms with Crippen LogP contribution < -0.4 is 11.2 Å². The predicted molar refractivity (Wildman–Crippen MR) is 89.9 cm³/mol. The molecular weight excluding hydrogens is 314 g/mol. The lowest BCUT2D eigenvalue weighted by molar-refractivity contribution is 0.258. The summed E-state index contributed by atoms with van der Waals surface area (Å²) in [6.45, 7) is 10.6. The minimum absolute atomic E-state index is 0.0313. The van der Waals surface area contributed by atoms with Crippen molar-refractivity contribution in [1.82, 2.24) is 9.13 Å². The second-order valence-electron chi connectivity index (χ2n) is 6.92. The topological polar surface area (TPSA) is 97.2 Å². The molecule has 1 N–H and O–H groups in total. The molecule has 0 spiro atoms. The molecule has 1 aromatic heterocycles. The Morgan fingerprint density at radius 2 is 1.91 bits per heavy atom. The molecule has 0 unspecified atom stereocenters. The van der Waals surface area contributed by atoms with Gasteiger partial charge >= 0.3 is 5.69 Å². The first-order valence-electron chi connectivity index (χ1n) is 7.54. The Bertz CT molecular complexity index is 707. The van der Waals surface area contributed by atoms with Crippen LogP contribution in [0.5, 0.6) is 0 Å². The van der Waals surface area contributed by atoms with E-state index in [-0.39, 0.29) is 36.9 Å². The first-order chi connectivity index (χ1) is 10.5. The van der Waals surface area contributed by atoms with Crippen LogP contribution in [0.4, 0.5) is 0 Å². The molecule has 1 rings (SSSR count). The quantitative estimate of drug-likeness (QED) is 0.777. The molecule has 0 atom stereocenters. The molecule has 0 saturated heterocycles. The Labute approximate surface area is 136 Å². The highest BCUT2D eigenvalue weighted by Crippen LogP contribution is 2.36. The van der Waals surface area contributed by atoms with Crippen LogP contribution in [0, 0.1) is 11.3 Å². The molecule has 0 aliphatic carbocycles. The number of nitrogens with zero attached hydrogens (tertiary/aromatic N) is 3. The average molecular weight is 339 g/mol. The van der Waals surface area contributed by atoms with Gasteiger partial charge in [-0.3, -0.25) is 13.9 Å². The van der Waals surface area contributed by atoms with Crippen LogP contribution in [0.3, 0.4) is 0 Å². The summed E-state index contributed by atoms with van der Waals surface area (Å²) in [5.41, 5.74) is -1.28. The molecule has 0 saturated carbocycles. The Morgan fingerprint density at radius 3 is 2.39 bits per heavy atom. The van der Waals surface area contributed by atoms with Gasteiger partial charge in [-0.25, -0.2) is 4.79 Å². The van der Waals surface area contributed by atoms with Crippen LogP contribution in [0.2, 0.25) is 18.1 Å². The highest BCUT2D eigenvalue weighted by molar-refractivity contribution is 6.74. The molecule has 0 bridgehead atoms. The third kappa shape index (κ3) is 4.40.